The number of anilines is 1. The van der Waals surface area contributed by atoms with E-state index >= 15 is 0 Å². The van der Waals surface area contributed by atoms with Crippen LogP contribution in [0.5, 0.6) is 0 Å². The summed E-state index contributed by atoms with van der Waals surface area (Å²) in [6.45, 7) is 1.14. The Labute approximate surface area is 175 Å². The summed E-state index contributed by atoms with van der Waals surface area (Å²) in [5.74, 6) is -2.67. The summed E-state index contributed by atoms with van der Waals surface area (Å²) in [5, 5.41) is 7.12. The van der Waals surface area contributed by atoms with Crippen molar-refractivity contribution in [3.8, 4) is 0 Å². The van der Waals surface area contributed by atoms with Gasteiger partial charge in [0.05, 0.1) is 4.90 Å². The number of carbonyl (C=O) groups is 1. The van der Waals surface area contributed by atoms with E-state index in [2.05, 4.69) is 14.9 Å². The van der Waals surface area contributed by atoms with Crippen LogP contribution in [0.15, 0.2) is 47.6 Å². The molecule has 13 heteroatoms. The van der Waals surface area contributed by atoms with Crippen LogP contribution in [-0.2, 0) is 14.8 Å². The first-order chi connectivity index (χ1) is 14.5. The van der Waals surface area contributed by atoms with Gasteiger partial charge in [-0.3, -0.25) is 0 Å². The van der Waals surface area contributed by atoms with Crippen LogP contribution in [0.3, 0.4) is 0 Å². The molecule has 2 aliphatic rings. The minimum Gasteiger partial charge on any atom is -0.475 e. The molecule has 0 radical (unpaired) electrons. The lowest BCUT2D eigenvalue weighted by Gasteiger charge is -2.25. The average Bonchev–Trinajstić information content (AvgIpc) is 3.30. The number of carboxylic acid groups (broad SMARTS) is 1. The van der Waals surface area contributed by atoms with E-state index in [0.717, 1.165) is 18.9 Å². The molecule has 4 rings (SSSR count). The van der Waals surface area contributed by atoms with E-state index < -0.39 is 28.0 Å². The van der Waals surface area contributed by atoms with Crippen molar-refractivity contribution in [1.82, 2.24) is 14.3 Å². The Morgan fingerprint density at radius 2 is 1.68 bits per heavy atom. The fraction of sp³-hybridized carbons (Fsp3) is 0.389. The monoisotopic (exact) mass is 462 g/mol. The highest BCUT2D eigenvalue weighted by molar-refractivity contribution is 7.89. The molecule has 2 fully saturated rings. The Bertz CT molecular complexity index is 1040. The fourth-order valence-corrected chi connectivity index (χ4v) is 5.43. The number of rotatable bonds is 3. The highest BCUT2D eigenvalue weighted by Gasteiger charge is 2.48. The third-order valence-electron chi connectivity index (χ3n) is 4.98. The number of hydrogen-bond acceptors (Lipinski definition) is 6. The molecule has 168 valence electrons. The molecule has 2 aliphatic heterocycles. The van der Waals surface area contributed by atoms with Gasteiger partial charge in [-0.2, -0.15) is 17.5 Å². The van der Waals surface area contributed by atoms with E-state index in [4.69, 9.17) is 9.90 Å². The zero-order valence-corrected chi connectivity index (χ0v) is 16.7. The molecule has 0 unspecified atom stereocenters. The van der Waals surface area contributed by atoms with Crippen molar-refractivity contribution in [2.75, 3.05) is 18.0 Å². The summed E-state index contributed by atoms with van der Waals surface area (Å²) in [4.78, 5) is 19.5. The average molecular weight is 462 g/mol. The molecule has 3 heterocycles. The number of nitrogens with zero attached hydrogens (tertiary/aromatic N) is 4. The molecule has 0 saturated carbocycles. The molecule has 0 bridgehead atoms. The second-order valence-electron chi connectivity index (χ2n) is 6.83. The Hall–Kier alpha value is -2.80. The molecule has 2 saturated heterocycles. The molecule has 0 amide bonds. The van der Waals surface area contributed by atoms with Crippen LogP contribution in [-0.4, -0.2) is 65.1 Å². The van der Waals surface area contributed by atoms with Gasteiger partial charge in [0.15, 0.2) is 0 Å². The van der Waals surface area contributed by atoms with Crippen molar-refractivity contribution >= 4 is 21.9 Å². The molecule has 1 aromatic heterocycles. The molecule has 0 aliphatic carbocycles. The third kappa shape index (κ3) is 4.93. The number of benzene rings is 1. The summed E-state index contributed by atoms with van der Waals surface area (Å²) in [7, 11) is -3.70. The predicted molar refractivity (Wildman–Crippen MR) is 100 cm³/mol. The van der Waals surface area contributed by atoms with Gasteiger partial charge in [0.2, 0.25) is 16.0 Å². The zero-order valence-electron chi connectivity index (χ0n) is 15.9. The second kappa shape index (κ2) is 8.75. The maximum atomic E-state index is 13.4. The van der Waals surface area contributed by atoms with E-state index in [0.29, 0.717) is 19.0 Å². The number of hydrogen-bond donors (Lipinski definition) is 1. The van der Waals surface area contributed by atoms with Gasteiger partial charge < -0.3 is 10.0 Å². The third-order valence-corrected chi connectivity index (χ3v) is 6.90. The SMILES string of the molecule is O=C(O)C(F)(F)F.O=S(=O)(c1cccc(F)c1)N1CC[C@H]2[C@H]1CCN2c1ncccn1. The number of halogens is 4. The first-order valence-corrected chi connectivity index (χ1v) is 10.6. The Morgan fingerprint density at radius 3 is 2.26 bits per heavy atom. The Kier molecular flexibility index (Phi) is 6.46. The fourth-order valence-electron chi connectivity index (χ4n) is 3.70. The molecule has 31 heavy (non-hydrogen) atoms. The first-order valence-electron chi connectivity index (χ1n) is 9.13. The minimum absolute atomic E-state index is 0.0116. The standard InChI is InChI=1S/C16H17FN4O2S.C2HF3O2/c17-12-3-1-4-13(11-12)24(22,23)21-10-6-14-15(21)5-9-20(14)16-18-7-2-8-19-16;3-2(4,5)1(6)7/h1-4,7-8,11,14-15H,5-6,9-10H2;(H,6,7)/t14-,15+;/m0./s1. The minimum atomic E-state index is -5.08. The first kappa shape index (κ1) is 22.9. The lowest BCUT2D eigenvalue weighted by molar-refractivity contribution is -0.192. The van der Waals surface area contributed by atoms with E-state index in [-0.39, 0.29) is 17.0 Å². The van der Waals surface area contributed by atoms with Crippen molar-refractivity contribution in [3.63, 3.8) is 0 Å². The molecular weight excluding hydrogens is 444 g/mol. The van der Waals surface area contributed by atoms with E-state index in [1.54, 1.807) is 18.5 Å². The van der Waals surface area contributed by atoms with Gasteiger partial charge in [-0.25, -0.2) is 27.6 Å². The topological polar surface area (TPSA) is 104 Å². The Morgan fingerprint density at radius 1 is 1.06 bits per heavy atom. The summed E-state index contributed by atoms with van der Waals surface area (Å²) >= 11 is 0. The molecular formula is C18H18F4N4O4S. The smallest absolute Gasteiger partial charge is 0.475 e. The molecule has 2 aromatic rings. The molecule has 1 aromatic carbocycles. The number of aromatic nitrogens is 2. The van der Waals surface area contributed by atoms with Crippen molar-refractivity contribution in [3.05, 3.63) is 48.5 Å². The zero-order chi connectivity index (χ0) is 22.8. The van der Waals surface area contributed by atoms with Crippen molar-refractivity contribution in [1.29, 1.82) is 0 Å². The lowest BCUT2D eigenvalue weighted by atomic mass is 10.1. The van der Waals surface area contributed by atoms with Crippen molar-refractivity contribution in [2.45, 2.75) is 36.0 Å². The maximum Gasteiger partial charge on any atom is 0.490 e. The predicted octanol–water partition coefficient (Wildman–Crippen LogP) is 2.29. The van der Waals surface area contributed by atoms with Crippen LogP contribution in [0.2, 0.25) is 0 Å². The molecule has 8 nitrogen and oxygen atoms in total. The van der Waals surface area contributed by atoms with Gasteiger partial charge in [-0.15, -0.1) is 0 Å². The van der Waals surface area contributed by atoms with Gasteiger partial charge in [0.1, 0.15) is 5.82 Å². The van der Waals surface area contributed by atoms with Crippen LogP contribution in [0, 0.1) is 5.82 Å². The number of sulfonamides is 1. The molecule has 2 atom stereocenters. The van der Waals surface area contributed by atoms with E-state index in [1.807, 2.05) is 0 Å². The van der Waals surface area contributed by atoms with Crippen LogP contribution >= 0.6 is 0 Å². The maximum absolute atomic E-state index is 13.4. The van der Waals surface area contributed by atoms with Gasteiger partial charge in [0, 0.05) is 37.6 Å². The van der Waals surface area contributed by atoms with Crippen LogP contribution < -0.4 is 4.90 Å². The van der Waals surface area contributed by atoms with Crippen LogP contribution in [0.4, 0.5) is 23.5 Å². The van der Waals surface area contributed by atoms with Crippen LogP contribution in [0.25, 0.3) is 0 Å². The molecule has 1 N–H and O–H groups in total. The quantitative estimate of drug-likeness (QED) is 0.698. The summed E-state index contributed by atoms with van der Waals surface area (Å²) < 4.78 is 72.4. The molecule has 0 spiro atoms. The summed E-state index contributed by atoms with van der Waals surface area (Å²) in [6.07, 6.45) is -0.271. The summed E-state index contributed by atoms with van der Waals surface area (Å²) in [6, 6.07) is 6.89. The lowest BCUT2D eigenvalue weighted by Crippen LogP contribution is -2.40. The summed E-state index contributed by atoms with van der Waals surface area (Å²) in [5.41, 5.74) is 0. The van der Waals surface area contributed by atoms with Gasteiger partial charge in [0.25, 0.3) is 0 Å². The number of alkyl halides is 3. The van der Waals surface area contributed by atoms with Crippen molar-refractivity contribution in [2.24, 2.45) is 0 Å². The van der Waals surface area contributed by atoms with E-state index in [1.165, 1.54) is 22.5 Å². The van der Waals surface area contributed by atoms with Gasteiger partial charge in [-0.1, -0.05) is 6.07 Å². The van der Waals surface area contributed by atoms with Crippen molar-refractivity contribution < 1.29 is 35.9 Å². The highest BCUT2D eigenvalue weighted by atomic mass is 32.2. The number of carboxylic acids is 1. The number of aliphatic carboxylic acids is 1. The Balaban J connectivity index is 0.000000339. The van der Waals surface area contributed by atoms with E-state index in [9.17, 15) is 26.0 Å². The number of fused-ring (bicyclic) bond motifs is 1. The normalized spacial score (nSPS) is 21.4. The van der Waals surface area contributed by atoms with Gasteiger partial charge >= 0.3 is 12.1 Å². The highest BCUT2D eigenvalue weighted by Crippen LogP contribution is 2.36. The largest absolute Gasteiger partial charge is 0.490 e. The van der Waals surface area contributed by atoms with Crippen LogP contribution in [0.1, 0.15) is 12.8 Å². The van der Waals surface area contributed by atoms with Gasteiger partial charge in [-0.05, 0) is 37.1 Å². The second-order valence-corrected chi connectivity index (χ2v) is 8.72.